The number of fused-ring (bicyclic) bond motifs is 1. The van der Waals surface area contributed by atoms with Gasteiger partial charge >= 0.3 is 0 Å². The Morgan fingerprint density at radius 3 is 2.62 bits per heavy atom. The molecule has 0 aliphatic rings. The van der Waals surface area contributed by atoms with Gasteiger partial charge in [0.2, 0.25) is 0 Å². The highest BCUT2D eigenvalue weighted by Gasteiger charge is 2.06. The van der Waals surface area contributed by atoms with Crippen LogP contribution in [0.2, 0.25) is 5.15 Å². The van der Waals surface area contributed by atoms with E-state index in [1.54, 1.807) is 0 Å². The maximum atomic E-state index is 6.23. The Balaban J connectivity index is 1.84. The molecule has 0 saturated carbocycles. The van der Waals surface area contributed by atoms with Gasteiger partial charge in [0.05, 0.1) is 5.52 Å². The molecule has 106 valence electrons. The van der Waals surface area contributed by atoms with E-state index in [-0.39, 0.29) is 0 Å². The summed E-state index contributed by atoms with van der Waals surface area (Å²) in [5, 5.41) is 1.57. The number of ether oxygens (including phenoxy) is 1. The minimum atomic E-state index is 0.416. The van der Waals surface area contributed by atoms with E-state index >= 15 is 0 Å². The number of rotatable bonds is 3. The molecule has 0 unspecified atom stereocenters. The predicted molar refractivity (Wildman–Crippen MR) is 87.0 cm³/mol. The smallest absolute Gasteiger partial charge is 0.136 e. The summed E-state index contributed by atoms with van der Waals surface area (Å²) in [4.78, 5) is 4.40. The van der Waals surface area contributed by atoms with E-state index in [4.69, 9.17) is 16.3 Å². The van der Waals surface area contributed by atoms with Crippen LogP contribution in [-0.4, -0.2) is 4.98 Å². The molecule has 0 fully saturated rings. The zero-order valence-electron chi connectivity index (χ0n) is 12.1. The van der Waals surface area contributed by atoms with Crippen molar-refractivity contribution in [2.24, 2.45) is 0 Å². The lowest BCUT2D eigenvalue weighted by molar-refractivity contribution is 0.306. The molecule has 0 spiro atoms. The molecular formula is C18H16ClNO. The fourth-order valence-electron chi connectivity index (χ4n) is 2.20. The van der Waals surface area contributed by atoms with Gasteiger partial charge in [0.25, 0.3) is 0 Å². The van der Waals surface area contributed by atoms with Crippen LogP contribution >= 0.6 is 11.6 Å². The molecule has 21 heavy (non-hydrogen) atoms. The Hall–Kier alpha value is -2.06. The Kier molecular flexibility index (Phi) is 3.80. The fraction of sp³-hybridized carbons (Fsp3) is 0.167. The summed E-state index contributed by atoms with van der Waals surface area (Å²) in [6, 6.07) is 16.0. The number of aryl methyl sites for hydroxylation is 2. The number of hydrogen-bond acceptors (Lipinski definition) is 2. The average molecular weight is 298 g/mol. The number of pyridine rings is 1. The second-order valence-electron chi connectivity index (χ2n) is 5.17. The number of nitrogens with zero attached hydrogens (tertiary/aromatic N) is 1. The van der Waals surface area contributed by atoms with Gasteiger partial charge in [-0.05, 0) is 49.2 Å². The van der Waals surface area contributed by atoms with Gasteiger partial charge in [-0.15, -0.1) is 0 Å². The van der Waals surface area contributed by atoms with E-state index in [1.165, 1.54) is 11.1 Å². The molecule has 0 radical (unpaired) electrons. The standard InChI is InChI=1S/C18H16ClNO/c1-12-7-8-16(9-13(12)2)21-11-15-10-14-5-3-4-6-17(14)20-18(15)19/h3-10H,11H2,1-2H3. The lowest BCUT2D eigenvalue weighted by Crippen LogP contribution is -1.98. The minimum Gasteiger partial charge on any atom is -0.489 e. The molecular weight excluding hydrogens is 282 g/mol. The number of aromatic nitrogens is 1. The van der Waals surface area contributed by atoms with Crippen molar-refractivity contribution in [2.75, 3.05) is 0 Å². The summed E-state index contributed by atoms with van der Waals surface area (Å²) in [6.45, 7) is 4.58. The lowest BCUT2D eigenvalue weighted by Gasteiger charge is -2.10. The number of para-hydroxylation sites is 1. The summed E-state index contributed by atoms with van der Waals surface area (Å²) < 4.78 is 5.83. The van der Waals surface area contributed by atoms with Crippen LogP contribution in [0.25, 0.3) is 10.9 Å². The highest BCUT2D eigenvalue weighted by molar-refractivity contribution is 6.30. The first kappa shape index (κ1) is 13.9. The predicted octanol–water partition coefficient (Wildman–Crippen LogP) is 5.08. The van der Waals surface area contributed by atoms with Gasteiger partial charge in [-0.1, -0.05) is 35.9 Å². The molecule has 0 amide bonds. The lowest BCUT2D eigenvalue weighted by atomic mass is 10.1. The topological polar surface area (TPSA) is 22.1 Å². The van der Waals surface area contributed by atoms with Crippen LogP contribution in [0.3, 0.4) is 0 Å². The van der Waals surface area contributed by atoms with Gasteiger partial charge in [0.15, 0.2) is 0 Å². The summed E-state index contributed by atoms with van der Waals surface area (Å²) in [7, 11) is 0. The van der Waals surface area contributed by atoms with Crippen molar-refractivity contribution in [1.29, 1.82) is 0 Å². The van der Waals surface area contributed by atoms with Crippen molar-refractivity contribution in [2.45, 2.75) is 20.5 Å². The van der Waals surface area contributed by atoms with Crippen molar-refractivity contribution in [1.82, 2.24) is 4.98 Å². The number of benzene rings is 2. The third kappa shape index (κ3) is 3.01. The van der Waals surface area contributed by atoms with Crippen LogP contribution < -0.4 is 4.74 Å². The van der Waals surface area contributed by atoms with Gasteiger partial charge in [-0.3, -0.25) is 0 Å². The molecule has 3 aromatic rings. The van der Waals surface area contributed by atoms with E-state index in [2.05, 4.69) is 24.9 Å². The first-order valence-electron chi connectivity index (χ1n) is 6.88. The van der Waals surface area contributed by atoms with Gasteiger partial charge in [0, 0.05) is 10.9 Å². The van der Waals surface area contributed by atoms with Crippen molar-refractivity contribution >= 4 is 22.5 Å². The largest absolute Gasteiger partial charge is 0.489 e. The van der Waals surface area contributed by atoms with E-state index in [0.29, 0.717) is 11.8 Å². The molecule has 0 bridgehead atoms. The number of hydrogen-bond donors (Lipinski definition) is 0. The second kappa shape index (κ2) is 5.74. The molecule has 0 atom stereocenters. The van der Waals surface area contributed by atoms with Crippen LogP contribution in [0.1, 0.15) is 16.7 Å². The van der Waals surface area contributed by atoms with E-state index < -0.39 is 0 Å². The average Bonchev–Trinajstić information content (AvgIpc) is 2.48. The maximum Gasteiger partial charge on any atom is 0.136 e. The maximum absolute atomic E-state index is 6.23. The molecule has 3 rings (SSSR count). The van der Waals surface area contributed by atoms with Crippen LogP contribution in [0.4, 0.5) is 0 Å². The molecule has 3 heteroatoms. The minimum absolute atomic E-state index is 0.416. The first-order chi connectivity index (χ1) is 10.1. The second-order valence-corrected chi connectivity index (χ2v) is 5.52. The fourth-order valence-corrected chi connectivity index (χ4v) is 2.40. The van der Waals surface area contributed by atoms with Gasteiger partial charge in [0.1, 0.15) is 17.5 Å². The van der Waals surface area contributed by atoms with Gasteiger partial charge < -0.3 is 4.74 Å². The zero-order chi connectivity index (χ0) is 14.8. The van der Waals surface area contributed by atoms with E-state index in [1.807, 2.05) is 42.5 Å². The first-order valence-corrected chi connectivity index (χ1v) is 7.25. The molecule has 2 nitrogen and oxygen atoms in total. The Labute approximate surface area is 129 Å². The zero-order valence-corrected chi connectivity index (χ0v) is 12.8. The molecule has 0 saturated heterocycles. The summed E-state index contributed by atoms with van der Waals surface area (Å²) in [5.74, 6) is 0.849. The molecule has 1 heterocycles. The Morgan fingerprint density at radius 2 is 1.81 bits per heavy atom. The normalized spacial score (nSPS) is 10.8. The van der Waals surface area contributed by atoms with Crippen LogP contribution in [-0.2, 0) is 6.61 Å². The third-order valence-electron chi connectivity index (χ3n) is 3.62. The van der Waals surface area contributed by atoms with Crippen molar-refractivity contribution in [3.05, 3.63) is 70.4 Å². The van der Waals surface area contributed by atoms with Crippen molar-refractivity contribution < 1.29 is 4.74 Å². The van der Waals surface area contributed by atoms with Crippen LogP contribution in [0, 0.1) is 13.8 Å². The Morgan fingerprint density at radius 1 is 1.00 bits per heavy atom. The van der Waals surface area contributed by atoms with E-state index in [9.17, 15) is 0 Å². The van der Waals surface area contributed by atoms with Crippen LogP contribution in [0.5, 0.6) is 5.75 Å². The highest BCUT2D eigenvalue weighted by Crippen LogP contribution is 2.23. The quantitative estimate of drug-likeness (QED) is 0.629. The molecule has 0 aliphatic carbocycles. The molecule has 1 aromatic heterocycles. The molecule has 0 aliphatic heterocycles. The van der Waals surface area contributed by atoms with Crippen molar-refractivity contribution in [3.63, 3.8) is 0 Å². The summed E-state index contributed by atoms with van der Waals surface area (Å²) in [5.41, 5.74) is 4.27. The van der Waals surface area contributed by atoms with Gasteiger partial charge in [-0.2, -0.15) is 0 Å². The third-order valence-corrected chi connectivity index (χ3v) is 3.95. The summed E-state index contributed by atoms with van der Waals surface area (Å²) >= 11 is 6.23. The summed E-state index contributed by atoms with van der Waals surface area (Å²) in [6.07, 6.45) is 0. The van der Waals surface area contributed by atoms with E-state index in [0.717, 1.165) is 22.2 Å². The van der Waals surface area contributed by atoms with Gasteiger partial charge in [-0.25, -0.2) is 4.98 Å². The highest BCUT2D eigenvalue weighted by atomic mass is 35.5. The number of halogens is 1. The molecule has 0 N–H and O–H groups in total. The molecule has 2 aromatic carbocycles. The van der Waals surface area contributed by atoms with Crippen molar-refractivity contribution in [3.8, 4) is 5.75 Å². The Bertz CT molecular complexity index is 798. The monoisotopic (exact) mass is 297 g/mol. The SMILES string of the molecule is Cc1ccc(OCc2cc3ccccc3nc2Cl)cc1C. The van der Waals surface area contributed by atoms with Crippen LogP contribution in [0.15, 0.2) is 48.5 Å².